The molecule has 1 aromatic carbocycles. The van der Waals surface area contributed by atoms with Crippen LogP contribution >= 0.6 is 0 Å². The minimum absolute atomic E-state index is 0.190. The van der Waals surface area contributed by atoms with Gasteiger partial charge < -0.3 is 9.73 Å². The number of carbonyl (C=O) groups is 1. The number of benzene rings is 1. The summed E-state index contributed by atoms with van der Waals surface area (Å²) in [4.78, 5) is 16.4. The molecule has 0 unspecified atom stereocenters. The fourth-order valence-electron chi connectivity index (χ4n) is 1.95. The van der Waals surface area contributed by atoms with Crippen molar-refractivity contribution >= 4 is 16.7 Å². The Morgan fingerprint density at radius 3 is 2.57 bits per heavy atom. The highest BCUT2D eigenvalue weighted by molar-refractivity contribution is 7.85. The lowest BCUT2D eigenvalue weighted by molar-refractivity contribution is -0.121. The van der Waals surface area contributed by atoms with Crippen molar-refractivity contribution in [2.24, 2.45) is 0 Å². The zero-order valence-electron chi connectivity index (χ0n) is 13.8. The maximum absolute atomic E-state index is 12.4. The van der Waals surface area contributed by atoms with E-state index in [0.29, 0.717) is 11.6 Å². The van der Waals surface area contributed by atoms with Gasteiger partial charge in [0.15, 0.2) is 0 Å². The maximum Gasteiger partial charge on any atom is 0.235 e. The molecule has 23 heavy (non-hydrogen) atoms. The van der Waals surface area contributed by atoms with E-state index >= 15 is 0 Å². The van der Waals surface area contributed by atoms with E-state index in [1.165, 1.54) is 6.26 Å². The van der Waals surface area contributed by atoms with Gasteiger partial charge >= 0.3 is 0 Å². The normalized spacial score (nSPS) is 14.3. The number of nitrogens with zero attached hydrogens (tertiary/aromatic N) is 1. The standard InChI is InChI=1S/C17H22N2O3S/c1-12(15(20)19-17(2,3)4)23(21)11-14-10-22-16(18-14)13-8-6-5-7-9-13/h5-10,12H,11H2,1-4H3,(H,19,20)/t12-,23-/m1/s1. The van der Waals surface area contributed by atoms with E-state index in [1.807, 2.05) is 51.1 Å². The molecule has 1 amide bonds. The van der Waals surface area contributed by atoms with Gasteiger partial charge in [0, 0.05) is 21.9 Å². The number of aromatic nitrogens is 1. The molecule has 6 heteroatoms. The average Bonchev–Trinajstić information content (AvgIpc) is 2.94. The van der Waals surface area contributed by atoms with Crippen molar-refractivity contribution in [2.75, 3.05) is 0 Å². The van der Waals surface area contributed by atoms with Gasteiger partial charge in [0.2, 0.25) is 11.8 Å². The van der Waals surface area contributed by atoms with Gasteiger partial charge in [-0.2, -0.15) is 0 Å². The molecular weight excluding hydrogens is 312 g/mol. The summed E-state index contributed by atoms with van der Waals surface area (Å²) >= 11 is 0. The van der Waals surface area contributed by atoms with Crippen LogP contribution in [-0.2, 0) is 21.3 Å². The number of hydrogen-bond acceptors (Lipinski definition) is 4. The largest absolute Gasteiger partial charge is 0.444 e. The highest BCUT2D eigenvalue weighted by atomic mass is 32.2. The Balaban J connectivity index is 2.01. The van der Waals surface area contributed by atoms with Gasteiger partial charge in [0.25, 0.3) is 0 Å². The molecule has 2 rings (SSSR count). The highest BCUT2D eigenvalue weighted by Crippen LogP contribution is 2.19. The zero-order valence-corrected chi connectivity index (χ0v) is 14.6. The third kappa shape index (κ3) is 5.03. The first-order valence-corrected chi connectivity index (χ1v) is 8.83. The van der Waals surface area contributed by atoms with Crippen LogP contribution in [0.25, 0.3) is 11.5 Å². The maximum atomic E-state index is 12.4. The van der Waals surface area contributed by atoms with Crippen LogP contribution in [0.3, 0.4) is 0 Å². The van der Waals surface area contributed by atoms with Crippen molar-refractivity contribution in [1.29, 1.82) is 0 Å². The van der Waals surface area contributed by atoms with Crippen LogP contribution in [0.5, 0.6) is 0 Å². The summed E-state index contributed by atoms with van der Waals surface area (Å²) in [5.41, 5.74) is 1.10. The Morgan fingerprint density at radius 2 is 1.96 bits per heavy atom. The van der Waals surface area contributed by atoms with Gasteiger partial charge in [-0.05, 0) is 39.8 Å². The Labute approximate surface area is 139 Å². The molecule has 0 fully saturated rings. The van der Waals surface area contributed by atoms with E-state index in [-0.39, 0.29) is 17.2 Å². The number of nitrogens with one attached hydrogen (secondary N) is 1. The molecule has 1 heterocycles. The van der Waals surface area contributed by atoms with Crippen LogP contribution in [0.2, 0.25) is 0 Å². The molecule has 0 aliphatic heterocycles. The van der Waals surface area contributed by atoms with E-state index in [0.717, 1.165) is 5.56 Å². The first-order chi connectivity index (χ1) is 10.8. The molecule has 1 aromatic heterocycles. The third-order valence-electron chi connectivity index (χ3n) is 3.12. The van der Waals surface area contributed by atoms with Gasteiger partial charge in [0.1, 0.15) is 11.5 Å². The van der Waals surface area contributed by atoms with Gasteiger partial charge in [-0.15, -0.1) is 0 Å². The van der Waals surface area contributed by atoms with Crippen molar-refractivity contribution in [3.8, 4) is 11.5 Å². The molecular formula is C17H22N2O3S. The monoisotopic (exact) mass is 334 g/mol. The summed E-state index contributed by atoms with van der Waals surface area (Å²) in [6, 6.07) is 9.50. The van der Waals surface area contributed by atoms with Crippen LogP contribution in [0.4, 0.5) is 0 Å². The summed E-state index contributed by atoms with van der Waals surface area (Å²) < 4.78 is 17.8. The van der Waals surface area contributed by atoms with E-state index in [9.17, 15) is 9.00 Å². The van der Waals surface area contributed by atoms with E-state index < -0.39 is 16.0 Å². The quantitative estimate of drug-likeness (QED) is 0.912. The van der Waals surface area contributed by atoms with Crippen molar-refractivity contribution in [1.82, 2.24) is 10.3 Å². The average molecular weight is 334 g/mol. The molecule has 0 aliphatic carbocycles. The number of hydrogen-bond donors (Lipinski definition) is 1. The molecule has 0 radical (unpaired) electrons. The highest BCUT2D eigenvalue weighted by Gasteiger charge is 2.24. The van der Waals surface area contributed by atoms with Gasteiger partial charge in [-0.25, -0.2) is 4.98 Å². The summed E-state index contributed by atoms with van der Waals surface area (Å²) in [5, 5.41) is 2.24. The zero-order chi connectivity index (χ0) is 17.0. The lowest BCUT2D eigenvalue weighted by Gasteiger charge is -2.22. The van der Waals surface area contributed by atoms with E-state index in [4.69, 9.17) is 4.42 Å². The molecule has 0 bridgehead atoms. The molecule has 2 atom stereocenters. The summed E-state index contributed by atoms with van der Waals surface area (Å²) in [5.74, 6) is 0.460. The smallest absolute Gasteiger partial charge is 0.235 e. The molecule has 0 spiro atoms. The fourth-order valence-corrected chi connectivity index (χ4v) is 2.92. The van der Waals surface area contributed by atoms with E-state index in [2.05, 4.69) is 10.3 Å². The second kappa shape index (κ2) is 7.08. The number of oxazole rings is 1. The summed E-state index contributed by atoms with van der Waals surface area (Å²) in [6.45, 7) is 7.34. The lowest BCUT2D eigenvalue weighted by atomic mass is 10.1. The topological polar surface area (TPSA) is 72.2 Å². The van der Waals surface area contributed by atoms with E-state index in [1.54, 1.807) is 6.92 Å². The minimum Gasteiger partial charge on any atom is -0.444 e. The van der Waals surface area contributed by atoms with Gasteiger partial charge in [-0.1, -0.05) is 18.2 Å². The summed E-state index contributed by atoms with van der Waals surface area (Å²) in [6.07, 6.45) is 1.49. The predicted molar refractivity (Wildman–Crippen MR) is 91.1 cm³/mol. The SMILES string of the molecule is C[C@H](C(=O)NC(C)(C)C)[S@](=O)Cc1coc(-c2ccccc2)n1. The molecule has 5 nitrogen and oxygen atoms in total. The second-order valence-electron chi connectivity index (χ2n) is 6.42. The van der Waals surface area contributed by atoms with Crippen LogP contribution in [0.15, 0.2) is 41.0 Å². The van der Waals surface area contributed by atoms with Crippen LogP contribution in [0, 0.1) is 0 Å². The Kier molecular flexibility index (Phi) is 5.36. The molecule has 0 aliphatic rings. The third-order valence-corrected chi connectivity index (χ3v) is 4.71. The van der Waals surface area contributed by atoms with Crippen molar-refractivity contribution in [3.05, 3.63) is 42.3 Å². The van der Waals surface area contributed by atoms with Crippen molar-refractivity contribution < 1.29 is 13.4 Å². The molecule has 0 saturated heterocycles. The second-order valence-corrected chi connectivity index (χ2v) is 8.17. The van der Waals surface area contributed by atoms with Crippen molar-refractivity contribution in [3.63, 3.8) is 0 Å². The fraction of sp³-hybridized carbons (Fsp3) is 0.412. The molecule has 124 valence electrons. The predicted octanol–water partition coefficient (Wildman–Crippen LogP) is 2.89. The van der Waals surface area contributed by atoms with Gasteiger partial charge in [-0.3, -0.25) is 9.00 Å². The Morgan fingerprint density at radius 1 is 1.30 bits per heavy atom. The first-order valence-electron chi connectivity index (χ1n) is 7.45. The molecule has 2 aromatic rings. The van der Waals surface area contributed by atoms with Crippen LogP contribution in [-0.4, -0.2) is 25.9 Å². The first kappa shape index (κ1) is 17.4. The number of rotatable bonds is 5. The number of carbonyl (C=O) groups excluding carboxylic acids is 1. The Bertz CT molecular complexity index is 689. The lowest BCUT2D eigenvalue weighted by Crippen LogP contribution is -2.46. The summed E-state index contributed by atoms with van der Waals surface area (Å²) in [7, 11) is -1.36. The van der Waals surface area contributed by atoms with Crippen molar-refractivity contribution in [2.45, 2.75) is 44.2 Å². The number of amides is 1. The molecule has 1 N–H and O–H groups in total. The van der Waals surface area contributed by atoms with Crippen LogP contribution < -0.4 is 5.32 Å². The molecule has 0 saturated carbocycles. The van der Waals surface area contributed by atoms with Gasteiger partial charge in [0.05, 0.1) is 11.4 Å². The minimum atomic E-state index is -1.36. The Hall–Kier alpha value is -1.95. The van der Waals surface area contributed by atoms with Crippen LogP contribution in [0.1, 0.15) is 33.4 Å².